The van der Waals surface area contributed by atoms with Gasteiger partial charge in [0.15, 0.2) is 0 Å². The number of rotatable bonds is 7. The number of nitrogens with one attached hydrogen (secondary N) is 1. The monoisotopic (exact) mass is 341 g/mol. The van der Waals surface area contributed by atoms with Crippen molar-refractivity contribution in [3.8, 4) is 5.75 Å². The lowest BCUT2D eigenvalue weighted by Crippen LogP contribution is -2.45. The first-order chi connectivity index (χ1) is 9.62. The minimum atomic E-state index is 0.0962. The van der Waals surface area contributed by atoms with Gasteiger partial charge in [0.1, 0.15) is 5.75 Å². The molecule has 0 saturated heterocycles. The average Bonchev–Trinajstić information content (AvgIpc) is 2.43. The van der Waals surface area contributed by atoms with Crippen LogP contribution in [-0.4, -0.2) is 32.9 Å². The standard InChI is InChI=1S/C16H24BrNO2/c1-18-13(11-16(20-3)7-4-8-16)9-12-10-14(19-2)5-6-15(12)17/h5-6,10,13,18H,4,7-9,11H2,1-3H3. The topological polar surface area (TPSA) is 30.5 Å². The normalized spacial score (nSPS) is 18.4. The van der Waals surface area contributed by atoms with E-state index in [1.54, 1.807) is 7.11 Å². The van der Waals surface area contributed by atoms with Crippen LogP contribution in [0.3, 0.4) is 0 Å². The minimum absolute atomic E-state index is 0.0962. The highest BCUT2D eigenvalue weighted by Gasteiger charge is 2.38. The molecule has 0 spiro atoms. The van der Waals surface area contributed by atoms with Crippen LogP contribution in [0.1, 0.15) is 31.2 Å². The van der Waals surface area contributed by atoms with Crippen molar-refractivity contribution in [3.63, 3.8) is 0 Å². The van der Waals surface area contributed by atoms with Crippen molar-refractivity contribution in [2.75, 3.05) is 21.3 Å². The summed E-state index contributed by atoms with van der Waals surface area (Å²) in [6.07, 6.45) is 5.68. The van der Waals surface area contributed by atoms with E-state index >= 15 is 0 Å². The zero-order valence-corrected chi connectivity index (χ0v) is 14.1. The van der Waals surface area contributed by atoms with Gasteiger partial charge in [0.25, 0.3) is 0 Å². The second-order valence-electron chi connectivity index (χ2n) is 5.59. The first kappa shape index (κ1) is 15.8. The van der Waals surface area contributed by atoms with E-state index < -0.39 is 0 Å². The smallest absolute Gasteiger partial charge is 0.119 e. The van der Waals surface area contributed by atoms with Crippen molar-refractivity contribution < 1.29 is 9.47 Å². The molecule has 1 unspecified atom stereocenters. The lowest BCUT2D eigenvalue weighted by atomic mass is 9.75. The molecule has 3 nitrogen and oxygen atoms in total. The first-order valence-corrected chi connectivity index (χ1v) is 7.96. The number of halogens is 1. The third-order valence-electron chi connectivity index (χ3n) is 4.44. The lowest BCUT2D eigenvalue weighted by Gasteiger charge is -2.43. The number of ether oxygens (including phenoxy) is 2. The first-order valence-electron chi connectivity index (χ1n) is 7.17. The Balaban J connectivity index is 2.06. The quantitative estimate of drug-likeness (QED) is 0.822. The minimum Gasteiger partial charge on any atom is -0.497 e. The Morgan fingerprint density at radius 2 is 2.10 bits per heavy atom. The van der Waals surface area contributed by atoms with Gasteiger partial charge in [0.2, 0.25) is 0 Å². The van der Waals surface area contributed by atoms with Gasteiger partial charge in [-0.25, -0.2) is 0 Å². The van der Waals surface area contributed by atoms with E-state index in [2.05, 4.69) is 33.4 Å². The summed E-state index contributed by atoms with van der Waals surface area (Å²) in [4.78, 5) is 0. The van der Waals surface area contributed by atoms with E-state index in [0.717, 1.165) is 23.1 Å². The number of hydrogen-bond acceptors (Lipinski definition) is 3. The van der Waals surface area contributed by atoms with Crippen molar-refractivity contribution in [1.29, 1.82) is 0 Å². The molecule has 2 rings (SSSR count). The zero-order chi connectivity index (χ0) is 14.6. The highest BCUT2D eigenvalue weighted by atomic mass is 79.9. The van der Waals surface area contributed by atoms with Gasteiger partial charge >= 0.3 is 0 Å². The van der Waals surface area contributed by atoms with Crippen molar-refractivity contribution in [2.24, 2.45) is 0 Å². The molecular formula is C16H24BrNO2. The number of likely N-dealkylation sites (N-methyl/N-ethyl adjacent to an activating group) is 1. The SMILES string of the molecule is CNC(Cc1cc(OC)ccc1Br)CC1(OC)CCC1. The Kier molecular flexibility index (Phi) is 5.47. The summed E-state index contributed by atoms with van der Waals surface area (Å²) in [6, 6.07) is 6.55. The molecule has 20 heavy (non-hydrogen) atoms. The Hall–Kier alpha value is -0.580. The van der Waals surface area contributed by atoms with Gasteiger partial charge in [-0.1, -0.05) is 15.9 Å². The molecule has 1 aliphatic carbocycles. The number of hydrogen-bond donors (Lipinski definition) is 1. The van der Waals surface area contributed by atoms with Crippen LogP contribution in [0.4, 0.5) is 0 Å². The largest absolute Gasteiger partial charge is 0.497 e. The van der Waals surface area contributed by atoms with Crippen LogP contribution in [0, 0.1) is 0 Å². The predicted molar refractivity (Wildman–Crippen MR) is 85.5 cm³/mol. The molecule has 0 aliphatic heterocycles. The number of benzene rings is 1. The molecule has 1 aromatic rings. The highest BCUT2D eigenvalue weighted by molar-refractivity contribution is 9.10. The third kappa shape index (κ3) is 3.54. The summed E-state index contributed by atoms with van der Waals surface area (Å²) in [7, 11) is 5.57. The van der Waals surface area contributed by atoms with Crippen molar-refractivity contribution in [3.05, 3.63) is 28.2 Å². The van der Waals surface area contributed by atoms with Gasteiger partial charge in [-0.15, -0.1) is 0 Å². The van der Waals surface area contributed by atoms with Crippen LogP contribution in [0.2, 0.25) is 0 Å². The van der Waals surface area contributed by atoms with E-state index in [-0.39, 0.29) is 5.60 Å². The third-order valence-corrected chi connectivity index (χ3v) is 5.22. The summed E-state index contributed by atoms with van der Waals surface area (Å²) >= 11 is 3.63. The summed E-state index contributed by atoms with van der Waals surface area (Å²) in [6.45, 7) is 0. The Morgan fingerprint density at radius 1 is 1.35 bits per heavy atom. The predicted octanol–water partition coefficient (Wildman–Crippen LogP) is 3.55. The van der Waals surface area contributed by atoms with Crippen molar-refractivity contribution in [2.45, 2.75) is 43.7 Å². The second kappa shape index (κ2) is 6.92. The molecule has 1 aliphatic rings. The molecule has 1 atom stereocenters. The van der Waals surface area contributed by atoms with Crippen molar-refractivity contribution in [1.82, 2.24) is 5.32 Å². The fourth-order valence-electron chi connectivity index (χ4n) is 2.89. The van der Waals surface area contributed by atoms with Crippen LogP contribution in [0.5, 0.6) is 5.75 Å². The fourth-order valence-corrected chi connectivity index (χ4v) is 3.30. The highest BCUT2D eigenvalue weighted by Crippen LogP contribution is 2.39. The molecule has 0 heterocycles. The van der Waals surface area contributed by atoms with E-state index in [1.807, 2.05) is 20.2 Å². The van der Waals surface area contributed by atoms with E-state index in [0.29, 0.717) is 6.04 Å². The van der Waals surface area contributed by atoms with Gasteiger partial charge in [0, 0.05) is 17.6 Å². The maximum absolute atomic E-state index is 5.74. The maximum atomic E-state index is 5.74. The van der Waals surface area contributed by atoms with Crippen LogP contribution in [-0.2, 0) is 11.2 Å². The molecule has 0 bridgehead atoms. The van der Waals surface area contributed by atoms with Gasteiger partial charge < -0.3 is 14.8 Å². The molecule has 1 aromatic carbocycles. The van der Waals surface area contributed by atoms with Gasteiger partial charge in [-0.05, 0) is 62.9 Å². The molecular weight excluding hydrogens is 318 g/mol. The lowest BCUT2D eigenvalue weighted by molar-refractivity contribution is -0.0830. The Labute approximate surface area is 130 Å². The second-order valence-corrected chi connectivity index (χ2v) is 6.45. The Bertz CT molecular complexity index is 441. The van der Waals surface area contributed by atoms with Crippen LogP contribution in [0.15, 0.2) is 22.7 Å². The van der Waals surface area contributed by atoms with Gasteiger partial charge in [-0.2, -0.15) is 0 Å². The fraction of sp³-hybridized carbons (Fsp3) is 0.625. The molecule has 112 valence electrons. The molecule has 1 fully saturated rings. The molecule has 0 amide bonds. The molecule has 4 heteroatoms. The van der Waals surface area contributed by atoms with Crippen LogP contribution < -0.4 is 10.1 Å². The van der Waals surface area contributed by atoms with Gasteiger partial charge in [0.05, 0.1) is 12.7 Å². The van der Waals surface area contributed by atoms with Crippen LogP contribution >= 0.6 is 15.9 Å². The summed E-state index contributed by atoms with van der Waals surface area (Å²) in [5, 5.41) is 3.43. The molecule has 1 saturated carbocycles. The molecule has 0 radical (unpaired) electrons. The van der Waals surface area contributed by atoms with E-state index in [4.69, 9.17) is 9.47 Å². The summed E-state index contributed by atoms with van der Waals surface area (Å²) in [5.74, 6) is 0.906. The Morgan fingerprint density at radius 3 is 2.60 bits per heavy atom. The summed E-state index contributed by atoms with van der Waals surface area (Å²) < 4.78 is 12.2. The van der Waals surface area contributed by atoms with Crippen LogP contribution in [0.25, 0.3) is 0 Å². The van der Waals surface area contributed by atoms with Crippen molar-refractivity contribution >= 4 is 15.9 Å². The molecule has 0 aromatic heterocycles. The number of methoxy groups -OCH3 is 2. The summed E-state index contributed by atoms with van der Waals surface area (Å²) in [5.41, 5.74) is 1.37. The maximum Gasteiger partial charge on any atom is 0.119 e. The zero-order valence-electron chi connectivity index (χ0n) is 12.5. The van der Waals surface area contributed by atoms with E-state index in [1.165, 1.54) is 24.8 Å². The van der Waals surface area contributed by atoms with E-state index in [9.17, 15) is 0 Å². The van der Waals surface area contributed by atoms with Gasteiger partial charge in [-0.3, -0.25) is 0 Å². The molecule has 1 N–H and O–H groups in total. The average molecular weight is 342 g/mol.